The molecular weight excluding hydrogens is 285 g/mol. The molecule has 0 radical (unpaired) electrons. The largest absolute Gasteiger partial charge is 0.464 e. The predicted octanol–water partition coefficient (Wildman–Crippen LogP) is 3.25. The Morgan fingerprint density at radius 1 is 1.29 bits per heavy atom. The third-order valence-electron chi connectivity index (χ3n) is 2.88. The van der Waals surface area contributed by atoms with Gasteiger partial charge in [-0.05, 0) is 19.4 Å². The zero-order valence-electron chi connectivity index (χ0n) is 11.8. The van der Waals surface area contributed by atoms with Gasteiger partial charge in [0.25, 0.3) is 5.60 Å². The fourth-order valence-electron chi connectivity index (χ4n) is 1.61. The number of hydrogen-bond acceptors (Lipinski definition) is 3. The van der Waals surface area contributed by atoms with Crippen LogP contribution in [-0.4, -0.2) is 29.5 Å². The first-order valence-corrected chi connectivity index (χ1v) is 6.40. The Labute approximate surface area is 121 Å². The highest BCUT2D eigenvalue weighted by atomic mass is 19.4. The number of rotatable bonds is 5. The summed E-state index contributed by atoms with van der Waals surface area (Å²) in [4.78, 5) is 11.4. The maximum Gasteiger partial charge on any atom is 0.428 e. The molecule has 0 saturated heterocycles. The molecule has 1 unspecified atom stereocenters. The van der Waals surface area contributed by atoms with Crippen LogP contribution in [0.25, 0.3) is 6.08 Å². The minimum absolute atomic E-state index is 0.237. The number of carbonyl (C=O) groups is 1. The van der Waals surface area contributed by atoms with E-state index in [4.69, 9.17) is 0 Å². The van der Waals surface area contributed by atoms with Crippen molar-refractivity contribution in [2.45, 2.75) is 32.0 Å². The van der Waals surface area contributed by atoms with E-state index in [0.717, 1.165) is 11.6 Å². The minimum Gasteiger partial charge on any atom is -0.464 e. The molecule has 21 heavy (non-hydrogen) atoms. The maximum atomic E-state index is 12.9. The first-order chi connectivity index (χ1) is 9.70. The molecule has 0 fully saturated rings. The van der Waals surface area contributed by atoms with E-state index in [1.165, 1.54) is 13.0 Å². The van der Waals surface area contributed by atoms with Crippen molar-refractivity contribution in [3.63, 3.8) is 0 Å². The van der Waals surface area contributed by atoms with Crippen molar-refractivity contribution in [3.05, 3.63) is 41.5 Å². The van der Waals surface area contributed by atoms with Gasteiger partial charge in [0.2, 0.25) is 0 Å². The fourth-order valence-corrected chi connectivity index (χ4v) is 1.61. The fraction of sp³-hybridized carbons (Fsp3) is 0.400. The Hall–Kier alpha value is -1.82. The van der Waals surface area contributed by atoms with Gasteiger partial charge in [-0.2, -0.15) is 13.2 Å². The lowest BCUT2D eigenvalue weighted by Gasteiger charge is -2.26. The maximum absolute atomic E-state index is 12.9. The number of carbonyl (C=O) groups excluding carboxylic acids is 1. The lowest BCUT2D eigenvalue weighted by atomic mass is 9.98. The summed E-state index contributed by atoms with van der Waals surface area (Å²) < 4.78 is 42.9. The Kier molecular flexibility index (Phi) is 5.54. The van der Waals surface area contributed by atoms with Crippen molar-refractivity contribution in [1.29, 1.82) is 0 Å². The molecule has 6 heteroatoms. The van der Waals surface area contributed by atoms with E-state index < -0.39 is 24.2 Å². The number of ether oxygens (including phenoxy) is 1. The van der Waals surface area contributed by atoms with Gasteiger partial charge >= 0.3 is 12.1 Å². The Bertz CT molecular complexity index is 506. The highest BCUT2D eigenvalue weighted by molar-refractivity contribution is 5.80. The van der Waals surface area contributed by atoms with Gasteiger partial charge in [-0.3, -0.25) is 0 Å². The van der Waals surface area contributed by atoms with Gasteiger partial charge in [-0.15, -0.1) is 0 Å². The molecule has 0 aliphatic heterocycles. The van der Waals surface area contributed by atoms with Crippen LogP contribution in [0.15, 0.2) is 30.3 Å². The molecule has 3 nitrogen and oxygen atoms in total. The van der Waals surface area contributed by atoms with Gasteiger partial charge in [-0.1, -0.05) is 42.0 Å². The standard InChI is InChI=1S/C15H17F3O3/c1-3-21-13(19)14(20,15(16,17)18)10-4-5-12-8-6-11(2)7-9-12/h4-9,20H,3,10H2,1-2H3/b5-4+. The molecule has 1 aromatic carbocycles. The van der Waals surface area contributed by atoms with Crippen molar-refractivity contribution in [2.75, 3.05) is 6.61 Å². The van der Waals surface area contributed by atoms with E-state index >= 15 is 0 Å². The van der Waals surface area contributed by atoms with E-state index in [1.54, 1.807) is 24.3 Å². The van der Waals surface area contributed by atoms with Crippen LogP contribution >= 0.6 is 0 Å². The van der Waals surface area contributed by atoms with Crippen molar-refractivity contribution >= 4 is 12.0 Å². The minimum atomic E-state index is -5.10. The molecular formula is C15H17F3O3. The Morgan fingerprint density at radius 2 is 1.86 bits per heavy atom. The number of aryl methyl sites for hydroxylation is 1. The number of alkyl halides is 3. The van der Waals surface area contributed by atoms with Gasteiger partial charge < -0.3 is 9.84 Å². The summed E-state index contributed by atoms with van der Waals surface area (Å²) >= 11 is 0. The number of hydrogen-bond donors (Lipinski definition) is 1. The zero-order chi connectivity index (χ0) is 16.1. The summed E-state index contributed by atoms with van der Waals surface area (Å²) in [6.45, 7) is 3.02. The first kappa shape index (κ1) is 17.2. The number of halogens is 3. The van der Waals surface area contributed by atoms with Crippen LogP contribution in [0.1, 0.15) is 24.5 Å². The lowest BCUT2D eigenvalue weighted by Crippen LogP contribution is -2.52. The normalized spacial score (nSPS) is 15.0. The molecule has 0 heterocycles. The summed E-state index contributed by atoms with van der Waals surface area (Å²) in [5.41, 5.74) is -1.83. The molecule has 0 bridgehead atoms. The number of esters is 1. The van der Waals surface area contributed by atoms with E-state index in [1.807, 2.05) is 6.92 Å². The molecule has 1 N–H and O–H groups in total. The van der Waals surface area contributed by atoms with Gasteiger partial charge in [0.15, 0.2) is 0 Å². The highest BCUT2D eigenvalue weighted by Gasteiger charge is 2.59. The molecule has 0 aliphatic carbocycles. The van der Waals surface area contributed by atoms with E-state index in [2.05, 4.69) is 4.74 Å². The van der Waals surface area contributed by atoms with Crippen LogP contribution in [0.3, 0.4) is 0 Å². The van der Waals surface area contributed by atoms with Crippen LogP contribution in [0, 0.1) is 6.92 Å². The summed E-state index contributed by atoms with van der Waals surface area (Å²) in [5.74, 6) is -1.69. The van der Waals surface area contributed by atoms with Crippen molar-refractivity contribution in [1.82, 2.24) is 0 Å². The Morgan fingerprint density at radius 3 is 2.33 bits per heavy atom. The van der Waals surface area contributed by atoms with Crippen LogP contribution in [-0.2, 0) is 9.53 Å². The second kappa shape index (κ2) is 6.76. The number of benzene rings is 1. The molecule has 0 aromatic heterocycles. The average Bonchev–Trinajstić information content (AvgIpc) is 2.39. The monoisotopic (exact) mass is 302 g/mol. The van der Waals surface area contributed by atoms with Crippen molar-refractivity contribution in [2.24, 2.45) is 0 Å². The summed E-state index contributed by atoms with van der Waals surface area (Å²) in [5, 5.41) is 9.62. The van der Waals surface area contributed by atoms with Gasteiger partial charge in [0.05, 0.1) is 6.61 Å². The molecule has 0 aliphatic rings. The van der Waals surface area contributed by atoms with Crippen LogP contribution in [0.4, 0.5) is 13.2 Å². The quantitative estimate of drug-likeness (QED) is 0.849. The topological polar surface area (TPSA) is 46.5 Å². The van der Waals surface area contributed by atoms with Crippen molar-refractivity contribution in [3.8, 4) is 0 Å². The Balaban J connectivity index is 2.88. The third-order valence-corrected chi connectivity index (χ3v) is 2.88. The van der Waals surface area contributed by atoms with Crippen molar-refractivity contribution < 1.29 is 27.8 Å². The first-order valence-electron chi connectivity index (χ1n) is 6.40. The molecule has 116 valence electrons. The SMILES string of the molecule is CCOC(=O)C(O)(C/C=C/c1ccc(C)cc1)C(F)(F)F. The molecule has 0 spiro atoms. The van der Waals surface area contributed by atoms with Crippen LogP contribution in [0.2, 0.25) is 0 Å². The van der Waals surface area contributed by atoms with E-state index in [9.17, 15) is 23.1 Å². The van der Waals surface area contributed by atoms with Gasteiger partial charge in [-0.25, -0.2) is 4.79 Å². The molecule has 0 saturated carbocycles. The van der Waals surface area contributed by atoms with E-state index in [0.29, 0.717) is 5.56 Å². The zero-order valence-corrected chi connectivity index (χ0v) is 11.8. The average molecular weight is 302 g/mol. The summed E-state index contributed by atoms with van der Waals surface area (Å²) in [6, 6.07) is 7.06. The molecule has 1 atom stereocenters. The smallest absolute Gasteiger partial charge is 0.428 e. The number of aliphatic hydroxyl groups is 1. The molecule has 1 aromatic rings. The van der Waals surface area contributed by atoms with Crippen LogP contribution < -0.4 is 0 Å². The molecule has 1 rings (SSSR count). The summed E-state index contributed by atoms with van der Waals surface area (Å²) in [6.07, 6.45) is -3.48. The second-order valence-electron chi connectivity index (χ2n) is 4.60. The summed E-state index contributed by atoms with van der Waals surface area (Å²) in [7, 11) is 0. The van der Waals surface area contributed by atoms with Gasteiger partial charge in [0.1, 0.15) is 0 Å². The third kappa shape index (κ3) is 4.32. The van der Waals surface area contributed by atoms with E-state index in [-0.39, 0.29) is 6.61 Å². The van der Waals surface area contributed by atoms with Gasteiger partial charge in [0, 0.05) is 6.42 Å². The predicted molar refractivity (Wildman–Crippen MR) is 72.5 cm³/mol. The molecule has 0 amide bonds. The second-order valence-corrected chi connectivity index (χ2v) is 4.60. The highest BCUT2D eigenvalue weighted by Crippen LogP contribution is 2.34. The lowest BCUT2D eigenvalue weighted by molar-refractivity contribution is -0.261. The van der Waals surface area contributed by atoms with Crippen LogP contribution in [0.5, 0.6) is 0 Å².